The van der Waals surface area contributed by atoms with E-state index in [9.17, 15) is 13.2 Å². The molecule has 0 spiro atoms. The monoisotopic (exact) mass is 347 g/mol. The zero-order chi connectivity index (χ0) is 17.3. The van der Waals surface area contributed by atoms with Gasteiger partial charge in [0.05, 0.1) is 11.4 Å². The Labute approximate surface area is 140 Å². The van der Waals surface area contributed by atoms with Crippen LogP contribution in [0.1, 0.15) is 17.1 Å². The molecule has 0 aliphatic carbocycles. The number of aryl methyl sites for hydroxylation is 1. The second-order valence-electron chi connectivity index (χ2n) is 5.53. The summed E-state index contributed by atoms with van der Waals surface area (Å²) in [6.45, 7) is 2.02. The minimum atomic E-state index is -3.59. The second kappa shape index (κ2) is 6.12. The normalized spacial score (nSPS) is 16.7. The van der Waals surface area contributed by atoms with Crippen LogP contribution in [-0.4, -0.2) is 38.7 Å². The average molecular weight is 347 g/mol. The molecule has 0 saturated carbocycles. The predicted octanol–water partition coefficient (Wildman–Crippen LogP) is 1.29. The summed E-state index contributed by atoms with van der Waals surface area (Å²) in [5, 5.41) is 0. The van der Waals surface area contributed by atoms with E-state index in [4.69, 9.17) is 4.42 Å². The van der Waals surface area contributed by atoms with Crippen LogP contribution in [-0.2, 0) is 21.4 Å². The quantitative estimate of drug-likeness (QED) is 0.902. The van der Waals surface area contributed by atoms with Gasteiger partial charge in [-0.05, 0) is 31.2 Å². The van der Waals surface area contributed by atoms with E-state index in [0.717, 1.165) is 5.76 Å². The number of hydrogen-bond donors (Lipinski definition) is 1. The van der Waals surface area contributed by atoms with Crippen molar-refractivity contribution in [2.75, 3.05) is 13.6 Å². The van der Waals surface area contributed by atoms with Crippen LogP contribution in [0.5, 0.6) is 0 Å². The third kappa shape index (κ3) is 3.18. The summed E-state index contributed by atoms with van der Waals surface area (Å²) < 4.78 is 31.8. The second-order valence-corrected chi connectivity index (χ2v) is 7.18. The Morgan fingerprint density at radius 2 is 2.00 bits per heavy atom. The number of carbonyl (C=O) groups excluding carboxylic acids is 1. The largest absolute Gasteiger partial charge is 0.464 e. The molecule has 2 heterocycles. The molecule has 1 amide bonds. The van der Waals surface area contributed by atoms with Gasteiger partial charge in [-0.25, -0.2) is 8.42 Å². The highest BCUT2D eigenvalue weighted by Gasteiger charge is 2.30. The standard InChI is InChI=1S/C16H17N3O4S/c1-11-7-8-12(23-11)10-19(2)15(20)9-17-16-13-5-3-4-6-14(13)24(21,22)18-16/h3-8H,9-10H2,1-2H3,(H,17,18). The maximum Gasteiger partial charge on any atom is 0.263 e. The number of nitrogens with one attached hydrogen (secondary N) is 1. The first-order valence-corrected chi connectivity index (χ1v) is 8.81. The molecular weight excluding hydrogens is 330 g/mol. The molecule has 1 N–H and O–H groups in total. The Morgan fingerprint density at radius 3 is 2.71 bits per heavy atom. The van der Waals surface area contributed by atoms with E-state index < -0.39 is 10.0 Å². The van der Waals surface area contributed by atoms with Gasteiger partial charge in [-0.3, -0.25) is 14.5 Å². The van der Waals surface area contributed by atoms with Crippen LogP contribution in [0.3, 0.4) is 0 Å². The van der Waals surface area contributed by atoms with Crippen molar-refractivity contribution < 1.29 is 17.6 Å². The molecule has 1 aliphatic rings. The first-order valence-electron chi connectivity index (χ1n) is 7.33. The number of fused-ring (bicyclic) bond motifs is 1. The number of amides is 1. The lowest BCUT2D eigenvalue weighted by Crippen LogP contribution is -2.30. The maximum atomic E-state index is 12.2. The number of amidine groups is 1. The number of nitrogens with zero attached hydrogens (tertiary/aromatic N) is 2. The summed E-state index contributed by atoms with van der Waals surface area (Å²) in [6, 6.07) is 10.2. The van der Waals surface area contributed by atoms with Crippen molar-refractivity contribution in [3.8, 4) is 0 Å². The molecule has 1 aromatic heterocycles. The molecule has 24 heavy (non-hydrogen) atoms. The fraction of sp³-hybridized carbons (Fsp3) is 0.250. The van der Waals surface area contributed by atoms with Crippen molar-refractivity contribution in [2.24, 2.45) is 4.99 Å². The zero-order valence-corrected chi connectivity index (χ0v) is 14.1. The maximum absolute atomic E-state index is 12.2. The van der Waals surface area contributed by atoms with E-state index in [1.165, 1.54) is 11.0 Å². The lowest BCUT2D eigenvalue weighted by molar-refractivity contribution is -0.129. The van der Waals surface area contributed by atoms with Crippen LogP contribution in [0.25, 0.3) is 0 Å². The molecule has 126 valence electrons. The van der Waals surface area contributed by atoms with Gasteiger partial charge in [0.1, 0.15) is 23.9 Å². The zero-order valence-electron chi connectivity index (χ0n) is 13.3. The number of hydrogen-bond acceptors (Lipinski definition) is 5. The Balaban J connectivity index is 1.71. The van der Waals surface area contributed by atoms with Crippen molar-refractivity contribution in [3.63, 3.8) is 0 Å². The van der Waals surface area contributed by atoms with Gasteiger partial charge in [-0.1, -0.05) is 12.1 Å². The number of likely N-dealkylation sites (N-methyl/N-ethyl adjacent to an activating group) is 1. The molecule has 0 unspecified atom stereocenters. The Kier molecular flexibility index (Phi) is 4.15. The third-order valence-corrected chi connectivity index (χ3v) is 5.05. The smallest absolute Gasteiger partial charge is 0.263 e. The van der Waals surface area contributed by atoms with Gasteiger partial charge in [-0.2, -0.15) is 0 Å². The predicted molar refractivity (Wildman–Crippen MR) is 88.1 cm³/mol. The molecule has 1 aliphatic heterocycles. The summed E-state index contributed by atoms with van der Waals surface area (Å²) >= 11 is 0. The van der Waals surface area contributed by atoms with Gasteiger partial charge in [0, 0.05) is 12.6 Å². The molecule has 3 rings (SSSR count). The van der Waals surface area contributed by atoms with Crippen LogP contribution >= 0.6 is 0 Å². The number of benzene rings is 1. The van der Waals surface area contributed by atoms with Gasteiger partial charge < -0.3 is 9.32 Å². The van der Waals surface area contributed by atoms with Crippen LogP contribution in [0.4, 0.5) is 0 Å². The van der Waals surface area contributed by atoms with Gasteiger partial charge in [0.15, 0.2) is 0 Å². The molecule has 7 nitrogen and oxygen atoms in total. The molecule has 0 bridgehead atoms. The molecule has 0 radical (unpaired) electrons. The number of carbonyl (C=O) groups is 1. The number of furan rings is 1. The third-order valence-electron chi connectivity index (χ3n) is 3.65. The van der Waals surface area contributed by atoms with Crippen molar-refractivity contribution in [2.45, 2.75) is 18.4 Å². The van der Waals surface area contributed by atoms with Crippen LogP contribution in [0.15, 0.2) is 50.7 Å². The van der Waals surface area contributed by atoms with E-state index in [-0.39, 0.29) is 23.2 Å². The highest BCUT2D eigenvalue weighted by atomic mass is 32.2. The van der Waals surface area contributed by atoms with Crippen LogP contribution in [0.2, 0.25) is 0 Å². The highest BCUT2D eigenvalue weighted by Crippen LogP contribution is 2.22. The number of aliphatic imine (C=N–C) groups is 1. The topological polar surface area (TPSA) is 92.0 Å². The summed E-state index contributed by atoms with van der Waals surface area (Å²) in [5.41, 5.74) is 0.481. The lowest BCUT2D eigenvalue weighted by atomic mass is 10.2. The summed E-state index contributed by atoms with van der Waals surface area (Å²) in [4.78, 5) is 18.0. The molecule has 0 atom stereocenters. The van der Waals surface area contributed by atoms with Gasteiger partial charge in [0.25, 0.3) is 10.0 Å². The fourth-order valence-electron chi connectivity index (χ4n) is 2.41. The molecule has 0 fully saturated rings. The van der Waals surface area contributed by atoms with Crippen molar-refractivity contribution in [1.29, 1.82) is 0 Å². The van der Waals surface area contributed by atoms with Crippen molar-refractivity contribution in [1.82, 2.24) is 9.62 Å². The van der Waals surface area contributed by atoms with E-state index >= 15 is 0 Å². The number of sulfonamides is 1. The van der Waals surface area contributed by atoms with E-state index in [1.807, 2.05) is 19.1 Å². The molecule has 1 aromatic carbocycles. The lowest BCUT2D eigenvalue weighted by Gasteiger charge is -2.14. The first-order chi connectivity index (χ1) is 11.4. The summed E-state index contributed by atoms with van der Waals surface area (Å²) in [6.07, 6.45) is 0. The Bertz CT molecular complexity index is 915. The van der Waals surface area contributed by atoms with Crippen molar-refractivity contribution >= 4 is 21.8 Å². The first kappa shape index (κ1) is 16.3. The van der Waals surface area contributed by atoms with E-state index in [2.05, 4.69) is 9.71 Å². The molecule has 0 saturated heterocycles. The Morgan fingerprint density at radius 1 is 1.25 bits per heavy atom. The molecule has 2 aromatic rings. The summed E-state index contributed by atoms with van der Waals surface area (Å²) in [7, 11) is -1.94. The fourth-order valence-corrected chi connectivity index (χ4v) is 3.66. The minimum absolute atomic E-state index is 0.150. The van der Waals surface area contributed by atoms with E-state index in [0.29, 0.717) is 17.9 Å². The molecule has 8 heteroatoms. The van der Waals surface area contributed by atoms with Crippen LogP contribution < -0.4 is 4.72 Å². The average Bonchev–Trinajstić information content (AvgIpc) is 3.06. The van der Waals surface area contributed by atoms with Gasteiger partial charge in [-0.15, -0.1) is 0 Å². The SMILES string of the molecule is Cc1ccc(CN(C)C(=O)CN=C2NS(=O)(=O)c3ccccc32)o1. The number of rotatable bonds is 4. The Hall–Kier alpha value is -2.61. The highest BCUT2D eigenvalue weighted by molar-refractivity contribution is 7.90. The van der Waals surface area contributed by atoms with Crippen molar-refractivity contribution in [3.05, 3.63) is 53.5 Å². The summed E-state index contributed by atoms with van der Waals surface area (Å²) in [5.74, 6) is 1.42. The minimum Gasteiger partial charge on any atom is -0.464 e. The van der Waals surface area contributed by atoms with Crippen LogP contribution in [0, 0.1) is 6.92 Å². The van der Waals surface area contributed by atoms with Gasteiger partial charge in [0.2, 0.25) is 5.91 Å². The van der Waals surface area contributed by atoms with E-state index in [1.54, 1.807) is 25.2 Å². The molecular formula is C16H17N3O4S. The van der Waals surface area contributed by atoms with Gasteiger partial charge >= 0.3 is 0 Å².